The van der Waals surface area contributed by atoms with Crippen LogP contribution >= 0.6 is 24.0 Å². The first kappa shape index (κ1) is 21.2. The molecule has 0 saturated carbocycles. The Morgan fingerprint density at radius 1 is 1.36 bits per heavy atom. The summed E-state index contributed by atoms with van der Waals surface area (Å²) in [7, 11) is 1.74. The minimum Gasteiger partial charge on any atom is -0.469 e. The van der Waals surface area contributed by atoms with Gasteiger partial charge >= 0.3 is 0 Å². The topological polar surface area (TPSA) is 58.8 Å². The molecule has 0 aromatic carbocycles. The van der Waals surface area contributed by atoms with Gasteiger partial charge in [0.1, 0.15) is 5.76 Å². The third-order valence-electron chi connectivity index (χ3n) is 3.24. The van der Waals surface area contributed by atoms with Gasteiger partial charge in [0.2, 0.25) is 0 Å². The molecule has 1 aromatic heterocycles. The molecule has 2 N–H and O–H groups in total. The van der Waals surface area contributed by atoms with Crippen LogP contribution in [0, 0.1) is 5.41 Å². The molecule has 22 heavy (non-hydrogen) atoms. The lowest BCUT2D eigenvalue weighted by Crippen LogP contribution is -2.39. The molecule has 0 aliphatic heterocycles. The van der Waals surface area contributed by atoms with E-state index >= 15 is 0 Å². The van der Waals surface area contributed by atoms with E-state index in [1.807, 2.05) is 12.1 Å². The van der Waals surface area contributed by atoms with E-state index in [0.29, 0.717) is 0 Å². The number of nitrogens with zero attached hydrogens (tertiary/aromatic N) is 1. The van der Waals surface area contributed by atoms with E-state index in [4.69, 9.17) is 9.15 Å². The number of guanidine groups is 1. The second-order valence-corrected chi connectivity index (χ2v) is 5.86. The summed E-state index contributed by atoms with van der Waals surface area (Å²) in [5.74, 6) is 1.84. The molecule has 0 bridgehead atoms. The summed E-state index contributed by atoms with van der Waals surface area (Å²) in [4.78, 5) is 4.67. The molecule has 0 unspecified atom stereocenters. The van der Waals surface area contributed by atoms with Crippen LogP contribution in [-0.2, 0) is 11.2 Å². The zero-order valence-electron chi connectivity index (χ0n) is 14.1. The van der Waals surface area contributed by atoms with Crippen molar-refractivity contribution in [2.45, 2.75) is 33.6 Å². The average molecular weight is 423 g/mol. The van der Waals surface area contributed by atoms with Gasteiger partial charge in [0.25, 0.3) is 0 Å². The fourth-order valence-corrected chi connectivity index (χ4v) is 1.85. The predicted octanol–water partition coefficient (Wildman–Crippen LogP) is 3.06. The molecule has 0 amide bonds. The lowest BCUT2D eigenvalue weighted by molar-refractivity contribution is 0.155. The van der Waals surface area contributed by atoms with Gasteiger partial charge in [-0.25, -0.2) is 0 Å². The van der Waals surface area contributed by atoms with Gasteiger partial charge in [-0.2, -0.15) is 0 Å². The van der Waals surface area contributed by atoms with Gasteiger partial charge in [0.05, 0.1) is 6.26 Å². The van der Waals surface area contributed by atoms with E-state index in [0.717, 1.165) is 50.8 Å². The minimum absolute atomic E-state index is 0. The summed E-state index contributed by atoms with van der Waals surface area (Å²) in [5.41, 5.74) is 0.138. The summed E-state index contributed by atoms with van der Waals surface area (Å²) in [6, 6.07) is 3.90. The molecule has 5 nitrogen and oxygen atoms in total. The number of nitrogens with one attached hydrogen (secondary N) is 2. The highest BCUT2D eigenvalue weighted by Gasteiger charge is 2.17. The van der Waals surface area contributed by atoms with Crippen LogP contribution in [0.25, 0.3) is 0 Å². The number of halogens is 1. The Bertz CT molecular complexity index is 406. The van der Waals surface area contributed by atoms with Crippen LogP contribution in [0.15, 0.2) is 27.8 Å². The molecule has 0 aliphatic rings. The quantitative estimate of drug-likeness (QED) is 0.364. The number of hydrogen-bond acceptors (Lipinski definition) is 3. The van der Waals surface area contributed by atoms with Gasteiger partial charge in [-0.1, -0.05) is 13.8 Å². The first-order chi connectivity index (χ1) is 10.1. The van der Waals surface area contributed by atoms with Gasteiger partial charge in [-0.3, -0.25) is 4.99 Å². The summed E-state index contributed by atoms with van der Waals surface area (Å²) < 4.78 is 10.5. The number of rotatable bonds is 9. The van der Waals surface area contributed by atoms with Gasteiger partial charge < -0.3 is 19.8 Å². The summed E-state index contributed by atoms with van der Waals surface area (Å²) in [6.07, 6.45) is 3.55. The number of aliphatic imine (C=N–C) groups is 1. The van der Waals surface area contributed by atoms with Crippen molar-refractivity contribution in [3.63, 3.8) is 0 Å². The minimum atomic E-state index is 0. The van der Waals surface area contributed by atoms with E-state index in [1.54, 1.807) is 13.4 Å². The maximum absolute atomic E-state index is 5.32. The van der Waals surface area contributed by atoms with Crippen molar-refractivity contribution < 1.29 is 9.15 Å². The number of furan rings is 1. The Hall–Kier alpha value is -0.760. The smallest absolute Gasteiger partial charge is 0.191 e. The zero-order valence-corrected chi connectivity index (χ0v) is 16.5. The molecule has 6 heteroatoms. The van der Waals surface area contributed by atoms with Crippen LogP contribution in [0.5, 0.6) is 0 Å². The largest absolute Gasteiger partial charge is 0.469 e. The Morgan fingerprint density at radius 2 is 2.14 bits per heavy atom. The second kappa shape index (κ2) is 11.8. The van der Waals surface area contributed by atoms with Crippen LogP contribution < -0.4 is 10.6 Å². The van der Waals surface area contributed by atoms with E-state index in [9.17, 15) is 0 Å². The summed E-state index contributed by atoms with van der Waals surface area (Å²) >= 11 is 0. The fraction of sp³-hybridized carbons (Fsp3) is 0.688. The molecule has 0 saturated heterocycles. The van der Waals surface area contributed by atoms with E-state index in [2.05, 4.69) is 36.4 Å². The van der Waals surface area contributed by atoms with Crippen LogP contribution in [0.2, 0.25) is 0 Å². The Kier molecular flexibility index (Phi) is 11.4. The number of ether oxygens (including phenoxy) is 1. The molecular formula is C16H30IN3O2. The molecule has 1 heterocycles. The Balaban J connectivity index is 0.00000441. The standard InChI is InChI=1S/C16H29N3O2.HI/c1-5-17-15(18-10-8-14-7-6-11-21-14)19-13-16(2,3)9-12-20-4;/h6-7,11H,5,8-10,12-13H2,1-4H3,(H2,17,18,19);1H. The maximum atomic E-state index is 5.32. The molecule has 1 rings (SSSR count). The molecule has 0 atom stereocenters. The monoisotopic (exact) mass is 423 g/mol. The lowest BCUT2D eigenvalue weighted by atomic mass is 9.90. The highest BCUT2D eigenvalue weighted by molar-refractivity contribution is 14.0. The normalized spacial score (nSPS) is 11.9. The fourth-order valence-electron chi connectivity index (χ4n) is 1.85. The van der Waals surface area contributed by atoms with Crippen molar-refractivity contribution in [1.82, 2.24) is 10.6 Å². The maximum Gasteiger partial charge on any atom is 0.191 e. The first-order valence-electron chi connectivity index (χ1n) is 7.61. The zero-order chi connectivity index (χ0) is 15.6. The van der Waals surface area contributed by atoms with Crippen LogP contribution in [-0.4, -0.2) is 39.3 Å². The van der Waals surface area contributed by atoms with Crippen molar-refractivity contribution >= 4 is 29.9 Å². The molecule has 0 radical (unpaired) electrons. The van der Waals surface area contributed by atoms with E-state index < -0.39 is 0 Å². The SMILES string of the molecule is CCNC(=NCC(C)(C)CCOC)NCCc1ccco1.I. The number of hydrogen-bond donors (Lipinski definition) is 2. The highest BCUT2D eigenvalue weighted by Crippen LogP contribution is 2.20. The van der Waals surface area contributed by atoms with Crippen molar-refractivity contribution in [2.24, 2.45) is 10.4 Å². The summed E-state index contributed by atoms with van der Waals surface area (Å²) in [6.45, 7) is 9.68. The van der Waals surface area contributed by atoms with Crippen molar-refractivity contribution in [3.8, 4) is 0 Å². The average Bonchev–Trinajstić information content (AvgIpc) is 2.96. The third-order valence-corrected chi connectivity index (χ3v) is 3.24. The molecule has 0 spiro atoms. The van der Waals surface area contributed by atoms with Gasteiger partial charge in [-0.15, -0.1) is 24.0 Å². The molecular weight excluding hydrogens is 393 g/mol. The van der Waals surface area contributed by atoms with Gasteiger partial charge in [-0.05, 0) is 30.9 Å². The third kappa shape index (κ3) is 9.30. The van der Waals surface area contributed by atoms with E-state index in [1.165, 1.54) is 0 Å². The lowest BCUT2D eigenvalue weighted by Gasteiger charge is -2.22. The molecule has 0 aliphatic carbocycles. The van der Waals surface area contributed by atoms with Gasteiger partial charge in [0, 0.05) is 39.8 Å². The van der Waals surface area contributed by atoms with Crippen LogP contribution in [0.3, 0.4) is 0 Å². The molecule has 1 aromatic rings. The second-order valence-electron chi connectivity index (χ2n) is 5.86. The van der Waals surface area contributed by atoms with Crippen molar-refractivity contribution in [3.05, 3.63) is 24.2 Å². The molecule has 0 fully saturated rings. The number of methoxy groups -OCH3 is 1. The Labute approximate surface area is 151 Å². The van der Waals surface area contributed by atoms with Crippen molar-refractivity contribution in [2.75, 3.05) is 33.4 Å². The van der Waals surface area contributed by atoms with Crippen LogP contribution in [0.1, 0.15) is 33.0 Å². The van der Waals surface area contributed by atoms with E-state index in [-0.39, 0.29) is 29.4 Å². The van der Waals surface area contributed by atoms with Crippen LogP contribution in [0.4, 0.5) is 0 Å². The van der Waals surface area contributed by atoms with Crippen molar-refractivity contribution in [1.29, 1.82) is 0 Å². The highest BCUT2D eigenvalue weighted by atomic mass is 127. The first-order valence-corrected chi connectivity index (χ1v) is 7.61. The summed E-state index contributed by atoms with van der Waals surface area (Å²) in [5, 5.41) is 6.60. The van der Waals surface area contributed by atoms with Gasteiger partial charge in [0.15, 0.2) is 5.96 Å². The predicted molar refractivity (Wildman–Crippen MR) is 102 cm³/mol. The molecule has 128 valence electrons. The Morgan fingerprint density at radius 3 is 2.73 bits per heavy atom.